The van der Waals surface area contributed by atoms with Gasteiger partial charge in [0.1, 0.15) is 4.90 Å². The van der Waals surface area contributed by atoms with Gasteiger partial charge in [-0.2, -0.15) is 5.10 Å². The van der Waals surface area contributed by atoms with Crippen LogP contribution in [0.2, 0.25) is 0 Å². The Morgan fingerprint density at radius 3 is 2.17 bits per heavy atom. The van der Waals surface area contributed by atoms with Crippen LogP contribution in [0.3, 0.4) is 0 Å². The molecule has 1 saturated heterocycles. The number of rotatable bonds is 6. The summed E-state index contributed by atoms with van der Waals surface area (Å²) in [5.74, 6) is 0.0712. The minimum Gasteiger partial charge on any atom is -0.369 e. The van der Waals surface area contributed by atoms with Crippen molar-refractivity contribution in [1.29, 1.82) is 0 Å². The smallest absolute Gasteiger partial charge is 0.246 e. The van der Waals surface area contributed by atoms with Gasteiger partial charge in [0.25, 0.3) is 0 Å². The summed E-state index contributed by atoms with van der Waals surface area (Å²) in [6.45, 7) is 9.11. The molecule has 9 heteroatoms. The van der Waals surface area contributed by atoms with Crippen LogP contribution in [0.1, 0.15) is 28.7 Å². The zero-order valence-electron chi connectivity index (χ0n) is 17.7. The van der Waals surface area contributed by atoms with E-state index in [0.29, 0.717) is 23.0 Å². The number of hydrogen-bond acceptors (Lipinski definition) is 6. The number of Topliss-reactive ketones (excluding diaryl/α,β-unsaturated/α-hetero) is 1. The monoisotopic (exact) mass is 419 g/mol. The second kappa shape index (κ2) is 8.25. The predicted molar refractivity (Wildman–Crippen MR) is 113 cm³/mol. The van der Waals surface area contributed by atoms with Gasteiger partial charge in [0, 0.05) is 51.5 Å². The van der Waals surface area contributed by atoms with Crippen LogP contribution in [0, 0.1) is 13.8 Å². The van der Waals surface area contributed by atoms with Crippen LogP contribution >= 0.6 is 0 Å². The molecule has 1 aliphatic heterocycles. The van der Waals surface area contributed by atoms with Crippen LogP contribution in [0.4, 0.5) is 5.69 Å². The molecule has 29 heavy (non-hydrogen) atoms. The molecule has 1 aliphatic rings. The lowest BCUT2D eigenvalue weighted by Crippen LogP contribution is -2.47. The highest BCUT2D eigenvalue weighted by Crippen LogP contribution is 2.23. The standard InChI is InChI=1S/C20H29N5O3S/c1-15-20(29(27,28)22(4)5)16(2)25(21-15)14-23-10-12-24(13-11-23)19-8-6-18(7-9-19)17(3)26/h6-9H,10-14H2,1-5H3. The van der Waals surface area contributed by atoms with E-state index < -0.39 is 10.0 Å². The Kier molecular flexibility index (Phi) is 6.11. The number of aromatic nitrogens is 2. The summed E-state index contributed by atoms with van der Waals surface area (Å²) in [7, 11) is -0.443. The molecule has 0 unspecified atom stereocenters. The molecule has 0 spiro atoms. The maximum absolute atomic E-state index is 12.6. The van der Waals surface area contributed by atoms with Gasteiger partial charge in [-0.15, -0.1) is 0 Å². The first-order valence-electron chi connectivity index (χ1n) is 9.66. The molecule has 0 bridgehead atoms. The average Bonchev–Trinajstić information content (AvgIpc) is 2.96. The first-order valence-corrected chi connectivity index (χ1v) is 11.1. The van der Waals surface area contributed by atoms with Gasteiger partial charge in [-0.1, -0.05) is 0 Å². The zero-order valence-corrected chi connectivity index (χ0v) is 18.5. The van der Waals surface area contributed by atoms with Gasteiger partial charge in [-0.25, -0.2) is 12.7 Å². The number of nitrogens with zero attached hydrogens (tertiary/aromatic N) is 5. The van der Waals surface area contributed by atoms with Crippen LogP contribution in [-0.2, 0) is 16.7 Å². The second-order valence-corrected chi connectivity index (χ2v) is 9.73. The van der Waals surface area contributed by atoms with Crippen molar-refractivity contribution >= 4 is 21.5 Å². The van der Waals surface area contributed by atoms with Crippen molar-refractivity contribution < 1.29 is 13.2 Å². The van der Waals surface area contributed by atoms with E-state index in [1.165, 1.54) is 18.4 Å². The Balaban J connectivity index is 1.66. The first kappa shape index (κ1) is 21.5. The third-order valence-corrected chi connectivity index (χ3v) is 7.47. The summed E-state index contributed by atoms with van der Waals surface area (Å²) < 4.78 is 28.2. The van der Waals surface area contributed by atoms with E-state index in [0.717, 1.165) is 37.4 Å². The number of piperazine rings is 1. The number of hydrogen-bond donors (Lipinski definition) is 0. The number of sulfonamides is 1. The number of ketones is 1. The molecule has 0 N–H and O–H groups in total. The molecular weight excluding hydrogens is 390 g/mol. The van der Waals surface area contributed by atoms with Gasteiger partial charge >= 0.3 is 0 Å². The first-order chi connectivity index (χ1) is 13.6. The lowest BCUT2D eigenvalue weighted by molar-refractivity contribution is 0.101. The van der Waals surface area contributed by atoms with Crippen molar-refractivity contribution in [3.63, 3.8) is 0 Å². The predicted octanol–water partition coefficient (Wildman–Crippen LogP) is 1.73. The lowest BCUT2D eigenvalue weighted by Gasteiger charge is -2.36. The largest absolute Gasteiger partial charge is 0.369 e. The normalized spacial score (nSPS) is 15.9. The fourth-order valence-electron chi connectivity index (χ4n) is 3.62. The maximum Gasteiger partial charge on any atom is 0.246 e. The quantitative estimate of drug-likeness (QED) is 0.664. The van der Waals surface area contributed by atoms with Crippen LogP contribution in [-0.4, -0.2) is 73.5 Å². The highest BCUT2D eigenvalue weighted by atomic mass is 32.2. The lowest BCUT2D eigenvalue weighted by atomic mass is 10.1. The molecule has 1 aromatic heterocycles. The van der Waals surface area contributed by atoms with Gasteiger partial charge in [0.2, 0.25) is 10.0 Å². The summed E-state index contributed by atoms with van der Waals surface area (Å²) in [6, 6.07) is 7.72. The Labute approximate surface area is 172 Å². The van der Waals surface area contributed by atoms with Gasteiger partial charge in [-0.3, -0.25) is 14.4 Å². The Morgan fingerprint density at radius 1 is 1.07 bits per heavy atom. The van der Waals surface area contributed by atoms with Gasteiger partial charge in [-0.05, 0) is 45.0 Å². The molecule has 0 saturated carbocycles. The summed E-state index contributed by atoms with van der Waals surface area (Å²) in [4.78, 5) is 16.3. The van der Waals surface area contributed by atoms with Crippen molar-refractivity contribution in [2.24, 2.45) is 0 Å². The number of anilines is 1. The van der Waals surface area contributed by atoms with E-state index in [2.05, 4.69) is 14.9 Å². The third-order valence-electron chi connectivity index (χ3n) is 5.40. The van der Waals surface area contributed by atoms with E-state index in [1.807, 2.05) is 31.2 Å². The number of aryl methyl sites for hydroxylation is 1. The molecule has 0 aliphatic carbocycles. The van der Waals surface area contributed by atoms with Crippen molar-refractivity contribution in [1.82, 2.24) is 19.0 Å². The molecule has 158 valence electrons. The molecule has 0 atom stereocenters. The highest BCUT2D eigenvalue weighted by molar-refractivity contribution is 7.89. The topological polar surface area (TPSA) is 78.8 Å². The van der Waals surface area contributed by atoms with Crippen LogP contribution < -0.4 is 4.90 Å². The molecule has 1 aromatic carbocycles. The maximum atomic E-state index is 12.6. The molecule has 2 aromatic rings. The van der Waals surface area contributed by atoms with E-state index in [1.54, 1.807) is 18.5 Å². The molecule has 8 nitrogen and oxygen atoms in total. The fraction of sp³-hybridized carbons (Fsp3) is 0.500. The minimum absolute atomic E-state index is 0.0712. The van der Waals surface area contributed by atoms with Gasteiger partial charge < -0.3 is 4.90 Å². The molecule has 0 amide bonds. The minimum atomic E-state index is -3.51. The molecular formula is C20H29N5O3S. The van der Waals surface area contributed by atoms with Crippen LogP contribution in [0.25, 0.3) is 0 Å². The fourth-order valence-corrected chi connectivity index (χ4v) is 4.88. The van der Waals surface area contributed by atoms with Gasteiger partial charge in [0.15, 0.2) is 5.78 Å². The van der Waals surface area contributed by atoms with E-state index in [9.17, 15) is 13.2 Å². The summed E-state index contributed by atoms with van der Waals surface area (Å²) in [6.07, 6.45) is 0. The third kappa shape index (κ3) is 4.36. The average molecular weight is 420 g/mol. The van der Waals surface area contributed by atoms with Crippen molar-refractivity contribution in [3.8, 4) is 0 Å². The molecule has 3 rings (SSSR count). The van der Waals surface area contributed by atoms with Crippen molar-refractivity contribution in [3.05, 3.63) is 41.2 Å². The van der Waals surface area contributed by atoms with Crippen molar-refractivity contribution in [2.45, 2.75) is 32.3 Å². The van der Waals surface area contributed by atoms with Crippen LogP contribution in [0.15, 0.2) is 29.2 Å². The molecule has 2 heterocycles. The van der Waals surface area contributed by atoms with E-state index >= 15 is 0 Å². The SMILES string of the molecule is CC(=O)c1ccc(N2CCN(Cn3nc(C)c(S(=O)(=O)N(C)C)c3C)CC2)cc1. The number of benzene rings is 1. The van der Waals surface area contributed by atoms with E-state index in [4.69, 9.17) is 0 Å². The second-order valence-electron chi connectivity index (χ2n) is 7.64. The number of carbonyl (C=O) groups is 1. The van der Waals surface area contributed by atoms with Crippen molar-refractivity contribution in [2.75, 3.05) is 45.2 Å². The number of carbonyl (C=O) groups excluding carboxylic acids is 1. The zero-order chi connectivity index (χ0) is 21.3. The Morgan fingerprint density at radius 2 is 1.66 bits per heavy atom. The summed E-state index contributed by atoms with van der Waals surface area (Å²) in [5, 5.41) is 4.48. The molecule has 0 radical (unpaired) electrons. The van der Waals surface area contributed by atoms with E-state index in [-0.39, 0.29) is 5.78 Å². The highest BCUT2D eigenvalue weighted by Gasteiger charge is 2.27. The van der Waals surface area contributed by atoms with Gasteiger partial charge in [0.05, 0.1) is 18.1 Å². The Hall–Kier alpha value is -2.23. The molecule has 1 fully saturated rings. The summed E-state index contributed by atoms with van der Waals surface area (Å²) in [5.41, 5.74) is 3.03. The summed E-state index contributed by atoms with van der Waals surface area (Å²) >= 11 is 0. The van der Waals surface area contributed by atoms with Crippen LogP contribution in [0.5, 0.6) is 0 Å². The Bertz CT molecular complexity index is 988.